The second kappa shape index (κ2) is 5.56. The number of nitrogens with zero attached hydrogens (tertiary/aromatic N) is 1. The van der Waals surface area contributed by atoms with Crippen LogP contribution >= 0.6 is 0 Å². The molecule has 0 spiro atoms. The number of fused-ring (bicyclic) bond motifs is 3. The van der Waals surface area contributed by atoms with Gasteiger partial charge in [-0.1, -0.05) is 54.6 Å². The summed E-state index contributed by atoms with van der Waals surface area (Å²) in [6.07, 6.45) is -0.372. The van der Waals surface area contributed by atoms with Crippen LogP contribution < -0.4 is 0 Å². The maximum Gasteiger partial charge on any atom is 0.0691 e. The summed E-state index contributed by atoms with van der Waals surface area (Å²) < 4.78 is 2.21. The van der Waals surface area contributed by atoms with Crippen molar-refractivity contribution in [3.63, 3.8) is 0 Å². The van der Waals surface area contributed by atoms with Gasteiger partial charge in [0.1, 0.15) is 0 Å². The van der Waals surface area contributed by atoms with Crippen molar-refractivity contribution in [2.45, 2.75) is 19.6 Å². The molecule has 1 N–H and O–H groups in total. The van der Waals surface area contributed by atoms with Gasteiger partial charge in [0.05, 0.1) is 6.10 Å². The lowest BCUT2D eigenvalue weighted by molar-refractivity contribution is 0.176. The summed E-state index contributed by atoms with van der Waals surface area (Å²) in [6.45, 7) is 2.44. The van der Waals surface area contributed by atoms with Crippen molar-refractivity contribution in [1.82, 2.24) is 4.57 Å². The fraction of sp³-hybridized carbons (Fsp3) is 0.143. The molecule has 114 valence electrons. The SMILES string of the molecule is CC(O)Cn1c2ccccc2c2cc(-c3ccccc3)ccc21. The maximum absolute atomic E-state index is 9.85. The van der Waals surface area contributed by atoms with Crippen molar-refractivity contribution in [2.75, 3.05) is 0 Å². The van der Waals surface area contributed by atoms with Gasteiger partial charge in [-0.15, -0.1) is 0 Å². The zero-order chi connectivity index (χ0) is 15.8. The minimum Gasteiger partial charge on any atom is -0.392 e. The lowest BCUT2D eigenvalue weighted by Crippen LogP contribution is -2.11. The Labute approximate surface area is 135 Å². The molecule has 4 aromatic rings. The summed E-state index contributed by atoms with van der Waals surface area (Å²) >= 11 is 0. The zero-order valence-corrected chi connectivity index (χ0v) is 13.1. The number of aliphatic hydroxyl groups excluding tert-OH is 1. The molecule has 23 heavy (non-hydrogen) atoms. The van der Waals surface area contributed by atoms with Gasteiger partial charge in [-0.3, -0.25) is 0 Å². The molecule has 1 heterocycles. The summed E-state index contributed by atoms with van der Waals surface area (Å²) in [5.74, 6) is 0. The molecule has 0 aliphatic carbocycles. The Balaban J connectivity index is 2.00. The minimum absolute atomic E-state index is 0.372. The minimum atomic E-state index is -0.372. The molecule has 0 aliphatic rings. The highest BCUT2D eigenvalue weighted by molar-refractivity contribution is 6.09. The van der Waals surface area contributed by atoms with E-state index < -0.39 is 0 Å². The van der Waals surface area contributed by atoms with Crippen molar-refractivity contribution in [3.8, 4) is 11.1 Å². The predicted octanol–water partition coefficient (Wildman–Crippen LogP) is 4.84. The molecule has 1 unspecified atom stereocenters. The molecule has 0 saturated heterocycles. The molecule has 4 rings (SSSR count). The normalized spacial score (nSPS) is 12.8. The summed E-state index contributed by atoms with van der Waals surface area (Å²) in [6, 6.07) is 25.4. The van der Waals surface area contributed by atoms with Gasteiger partial charge in [0, 0.05) is 28.4 Å². The van der Waals surface area contributed by atoms with Crippen LogP contribution in [0.25, 0.3) is 32.9 Å². The fourth-order valence-electron chi connectivity index (χ4n) is 3.32. The van der Waals surface area contributed by atoms with Crippen molar-refractivity contribution in [2.24, 2.45) is 0 Å². The van der Waals surface area contributed by atoms with Gasteiger partial charge in [0.2, 0.25) is 0 Å². The van der Waals surface area contributed by atoms with E-state index in [1.165, 1.54) is 32.9 Å². The van der Waals surface area contributed by atoms with Gasteiger partial charge >= 0.3 is 0 Å². The van der Waals surface area contributed by atoms with E-state index in [0.717, 1.165) is 0 Å². The van der Waals surface area contributed by atoms with Crippen LogP contribution in [0.15, 0.2) is 72.8 Å². The van der Waals surface area contributed by atoms with E-state index in [1.807, 2.05) is 13.0 Å². The predicted molar refractivity (Wildman–Crippen MR) is 96.6 cm³/mol. The van der Waals surface area contributed by atoms with E-state index in [9.17, 15) is 5.11 Å². The van der Waals surface area contributed by atoms with Crippen LogP contribution in [-0.2, 0) is 6.54 Å². The van der Waals surface area contributed by atoms with Gasteiger partial charge < -0.3 is 9.67 Å². The van der Waals surface area contributed by atoms with E-state index in [-0.39, 0.29) is 6.10 Å². The standard InChI is InChI=1S/C21H19NO/c1-15(23)14-22-20-10-6-5-9-18(20)19-13-17(11-12-21(19)22)16-7-3-2-4-8-16/h2-13,15,23H,14H2,1H3. The molecule has 1 atom stereocenters. The molecule has 3 aromatic carbocycles. The van der Waals surface area contributed by atoms with Gasteiger partial charge in [0.15, 0.2) is 0 Å². The summed E-state index contributed by atoms with van der Waals surface area (Å²) in [5, 5.41) is 12.3. The Kier molecular flexibility index (Phi) is 3.40. The second-order valence-electron chi connectivity index (χ2n) is 6.07. The third-order valence-electron chi connectivity index (χ3n) is 4.33. The highest BCUT2D eigenvalue weighted by atomic mass is 16.3. The fourth-order valence-corrected chi connectivity index (χ4v) is 3.32. The topological polar surface area (TPSA) is 25.2 Å². The molecule has 0 aliphatic heterocycles. The van der Waals surface area contributed by atoms with Crippen LogP contribution in [-0.4, -0.2) is 15.8 Å². The number of hydrogen-bond donors (Lipinski definition) is 1. The summed E-state index contributed by atoms with van der Waals surface area (Å²) in [5.41, 5.74) is 4.79. The van der Waals surface area contributed by atoms with Crippen LogP contribution in [0.3, 0.4) is 0 Å². The Hall–Kier alpha value is -2.58. The molecular weight excluding hydrogens is 282 g/mol. The smallest absolute Gasteiger partial charge is 0.0691 e. The molecule has 1 aromatic heterocycles. The largest absolute Gasteiger partial charge is 0.392 e. The van der Waals surface area contributed by atoms with E-state index in [1.54, 1.807) is 0 Å². The van der Waals surface area contributed by atoms with Gasteiger partial charge in [-0.2, -0.15) is 0 Å². The molecule has 2 nitrogen and oxygen atoms in total. The van der Waals surface area contributed by atoms with Crippen molar-refractivity contribution >= 4 is 21.8 Å². The molecule has 2 heteroatoms. The Morgan fingerprint density at radius 1 is 0.783 bits per heavy atom. The first-order valence-electron chi connectivity index (χ1n) is 7.98. The van der Waals surface area contributed by atoms with E-state index in [0.29, 0.717) is 6.54 Å². The van der Waals surface area contributed by atoms with Crippen LogP contribution in [0, 0.1) is 0 Å². The van der Waals surface area contributed by atoms with E-state index in [2.05, 4.69) is 71.3 Å². The van der Waals surface area contributed by atoms with E-state index >= 15 is 0 Å². The molecule has 0 saturated carbocycles. The monoisotopic (exact) mass is 301 g/mol. The Morgan fingerprint density at radius 3 is 2.26 bits per heavy atom. The third kappa shape index (κ3) is 2.41. The van der Waals surface area contributed by atoms with Crippen molar-refractivity contribution in [1.29, 1.82) is 0 Å². The zero-order valence-electron chi connectivity index (χ0n) is 13.1. The second-order valence-corrected chi connectivity index (χ2v) is 6.07. The average molecular weight is 301 g/mol. The Morgan fingerprint density at radius 2 is 1.48 bits per heavy atom. The molecular formula is C21H19NO. The van der Waals surface area contributed by atoms with E-state index in [4.69, 9.17) is 0 Å². The van der Waals surface area contributed by atoms with Gasteiger partial charge in [-0.05, 0) is 36.2 Å². The highest BCUT2D eigenvalue weighted by Gasteiger charge is 2.12. The third-order valence-corrected chi connectivity index (χ3v) is 4.33. The molecule has 0 amide bonds. The van der Waals surface area contributed by atoms with Gasteiger partial charge in [0.25, 0.3) is 0 Å². The number of aromatic nitrogens is 1. The average Bonchev–Trinajstić information content (AvgIpc) is 2.89. The first-order valence-corrected chi connectivity index (χ1v) is 7.98. The number of rotatable bonds is 3. The lowest BCUT2D eigenvalue weighted by atomic mass is 10.0. The number of aliphatic hydroxyl groups is 1. The summed E-state index contributed by atoms with van der Waals surface area (Å²) in [7, 11) is 0. The number of para-hydroxylation sites is 1. The molecule has 0 fully saturated rings. The lowest BCUT2D eigenvalue weighted by Gasteiger charge is -2.10. The van der Waals surface area contributed by atoms with Crippen LogP contribution in [0.1, 0.15) is 6.92 Å². The summed E-state index contributed by atoms with van der Waals surface area (Å²) in [4.78, 5) is 0. The maximum atomic E-state index is 9.85. The molecule has 0 radical (unpaired) electrons. The Bertz CT molecular complexity index is 967. The first kappa shape index (κ1) is 14.0. The number of hydrogen-bond acceptors (Lipinski definition) is 1. The highest BCUT2D eigenvalue weighted by Crippen LogP contribution is 2.32. The van der Waals surface area contributed by atoms with Crippen molar-refractivity contribution in [3.05, 3.63) is 72.8 Å². The first-order chi connectivity index (χ1) is 11.2. The van der Waals surface area contributed by atoms with Crippen LogP contribution in [0.2, 0.25) is 0 Å². The quantitative estimate of drug-likeness (QED) is 0.575. The van der Waals surface area contributed by atoms with Crippen LogP contribution in [0.4, 0.5) is 0 Å². The molecule has 0 bridgehead atoms. The number of benzene rings is 3. The van der Waals surface area contributed by atoms with Crippen molar-refractivity contribution < 1.29 is 5.11 Å². The van der Waals surface area contributed by atoms with Crippen LogP contribution in [0.5, 0.6) is 0 Å². The van der Waals surface area contributed by atoms with Gasteiger partial charge in [-0.25, -0.2) is 0 Å².